The van der Waals surface area contributed by atoms with Crippen LogP contribution in [0.15, 0.2) is 0 Å². The molecule has 4 nitrogen and oxygen atoms in total. The number of likely N-dealkylation sites (tertiary alicyclic amines) is 1. The highest BCUT2D eigenvalue weighted by Crippen LogP contribution is 2.21. The van der Waals surface area contributed by atoms with Crippen LogP contribution in [0.5, 0.6) is 0 Å². The van der Waals surface area contributed by atoms with E-state index >= 15 is 0 Å². The van der Waals surface area contributed by atoms with Gasteiger partial charge in [-0.25, -0.2) is 0 Å². The Hall–Kier alpha value is -0.160. The molecule has 1 saturated heterocycles. The third-order valence-corrected chi connectivity index (χ3v) is 4.64. The summed E-state index contributed by atoms with van der Waals surface area (Å²) in [6.45, 7) is 5.99. The molecule has 1 unspecified atom stereocenters. The largest absolute Gasteiger partial charge is 0.390 e. The number of aliphatic hydroxyl groups is 1. The van der Waals surface area contributed by atoms with Crippen molar-refractivity contribution >= 4 is 0 Å². The molecule has 1 aliphatic carbocycles. The second-order valence-corrected chi connectivity index (χ2v) is 6.28. The molecule has 1 atom stereocenters. The maximum absolute atomic E-state index is 9.97. The number of nitrogens with zero attached hydrogens (tertiary/aromatic N) is 2. The summed E-state index contributed by atoms with van der Waals surface area (Å²) in [6.07, 6.45) is 7.92. The van der Waals surface area contributed by atoms with Crippen LogP contribution < -0.4 is 5.32 Å². The van der Waals surface area contributed by atoms with Gasteiger partial charge in [0.05, 0.1) is 6.10 Å². The lowest BCUT2D eigenvalue weighted by Gasteiger charge is -2.24. The summed E-state index contributed by atoms with van der Waals surface area (Å²) in [6, 6.07) is 0.802. The molecule has 0 aromatic carbocycles. The van der Waals surface area contributed by atoms with Crippen LogP contribution in [0.25, 0.3) is 0 Å². The lowest BCUT2D eigenvalue weighted by atomic mass is 10.2. The van der Waals surface area contributed by atoms with Crippen molar-refractivity contribution in [3.8, 4) is 0 Å². The Balaban J connectivity index is 1.48. The molecule has 19 heavy (non-hydrogen) atoms. The van der Waals surface area contributed by atoms with Crippen LogP contribution >= 0.6 is 0 Å². The lowest BCUT2D eigenvalue weighted by molar-refractivity contribution is 0.122. The van der Waals surface area contributed by atoms with E-state index in [9.17, 15) is 5.11 Å². The predicted molar refractivity (Wildman–Crippen MR) is 79.4 cm³/mol. The normalized spacial score (nSPS) is 23.5. The molecule has 2 fully saturated rings. The zero-order chi connectivity index (χ0) is 13.5. The average Bonchev–Trinajstić information content (AvgIpc) is 3.06. The van der Waals surface area contributed by atoms with E-state index in [0.29, 0.717) is 0 Å². The van der Waals surface area contributed by atoms with Crippen LogP contribution in [0.4, 0.5) is 0 Å². The van der Waals surface area contributed by atoms with Crippen molar-refractivity contribution in [3.63, 3.8) is 0 Å². The molecule has 0 bridgehead atoms. The van der Waals surface area contributed by atoms with Crippen molar-refractivity contribution in [2.45, 2.75) is 50.7 Å². The van der Waals surface area contributed by atoms with Crippen molar-refractivity contribution in [1.82, 2.24) is 15.1 Å². The number of likely N-dealkylation sites (N-methyl/N-ethyl adjacent to an activating group) is 1. The SMILES string of the molecule is CN(CCNCC(O)CN1CCCC1)C1CCCC1. The topological polar surface area (TPSA) is 38.7 Å². The van der Waals surface area contributed by atoms with Gasteiger partial charge in [0.15, 0.2) is 0 Å². The van der Waals surface area contributed by atoms with E-state index in [1.54, 1.807) is 0 Å². The van der Waals surface area contributed by atoms with Gasteiger partial charge in [-0.15, -0.1) is 0 Å². The summed E-state index contributed by atoms with van der Waals surface area (Å²) in [5.41, 5.74) is 0. The zero-order valence-corrected chi connectivity index (χ0v) is 12.5. The Bertz CT molecular complexity index is 238. The fourth-order valence-corrected chi connectivity index (χ4v) is 3.38. The van der Waals surface area contributed by atoms with Crippen LogP contribution in [0.2, 0.25) is 0 Å². The summed E-state index contributed by atoms with van der Waals surface area (Å²) in [5, 5.41) is 13.4. The van der Waals surface area contributed by atoms with E-state index in [-0.39, 0.29) is 6.10 Å². The lowest BCUT2D eigenvalue weighted by Crippen LogP contribution is -2.40. The first-order valence-corrected chi connectivity index (χ1v) is 8.07. The van der Waals surface area contributed by atoms with E-state index in [2.05, 4.69) is 22.2 Å². The summed E-state index contributed by atoms with van der Waals surface area (Å²) in [7, 11) is 2.23. The van der Waals surface area contributed by atoms with Gasteiger partial charge in [0, 0.05) is 32.2 Å². The smallest absolute Gasteiger partial charge is 0.0791 e. The van der Waals surface area contributed by atoms with Crippen molar-refractivity contribution in [3.05, 3.63) is 0 Å². The first-order chi connectivity index (χ1) is 9.25. The molecule has 0 aromatic heterocycles. The number of β-amino-alcohol motifs (C(OH)–C–C–N with tert-alkyl or cyclic N) is 1. The monoisotopic (exact) mass is 269 g/mol. The highest BCUT2D eigenvalue weighted by molar-refractivity contribution is 4.76. The average molecular weight is 269 g/mol. The Morgan fingerprint density at radius 3 is 2.58 bits per heavy atom. The number of nitrogens with one attached hydrogen (secondary N) is 1. The first kappa shape index (κ1) is 15.2. The number of aliphatic hydroxyl groups excluding tert-OH is 1. The van der Waals surface area contributed by atoms with Gasteiger partial charge in [-0.2, -0.15) is 0 Å². The van der Waals surface area contributed by atoms with Gasteiger partial charge in [0.1, 0.15) is 0 Å². The van der Waals surface area contributed by atoms with Gasteiger partial charge in [-0.3, -0.25) is 0 Å². The number of hydrogen-bond donors (Lipinski definition) is 2. The maximum Gasteiger partial charge on any atom is 0.0791 e. The van der Waals surface area contributed by atoms with Gasteiger partial charge in [-0.05, 0) is 45.8 Å². The molecular formula is C15H31N3O. The van der Waals surface area contributed by atoms with E-state index < -0.39 is 0 Å². The maximum atomic E-state index is 9.97. The Morgan fingerprint density at radius 2 is 1.89 bits per heavy atom. The zero-order valence-electron chi connectivity index (χ0n) is 12.5. The summed E-state index contributed by atoms with van der Waals surface area (Å²) in [5.74, 6) is 0. The van der Waals surface area contributed by atoms with Crippen LogP contribution in [-0.2, 0) is 0 Å². The van der Waals surface area contributed by atoms with Gasteiger partial charge >= 0.3 is 0 Å². The molecule has 4 heteroatoms. The van der Waals surface area contributed by atoms with Gasteiger partial charge in [0.25, 0.3) is 0 Å². The van der Waals surface area contributed by atoms with Crippen LogP contribution in [-0.4, -0.2) is 73.4 Å². The number of rotatable bonds is 8. The second kappa shape index (κ2) is 8.20. The third-order valence-electron chi connectivity index (χ3n) is 4.64. The van der Waals surface area contributed by atoms with Crippen LogP contribution in [0.3, 0.4) is 0 Å². The molecule has 0 amide bonds. The van der Waals surface area contributed by atoms with E-state index in [1.165, 1.54) is 51.6 Å². The molecule has 1 aliphatic heterocycles. The molecule has 0 radical (unpaired) electrons. The molecule has 1 saturated carbocycles. The fraction of sp³-hybridized carbons (Fsp3) is 1.00. The molecule has 2 N–H and O–H groups in total. The molecule has 2 aliphatic rings. The Morgan fingerprint density at radius 1 is 1.21 bits per heavy atom. The standard InChI is InChI=1S/C15H31N3O/c1-17(14-6-2-3-7-14)11-8-16-12-15(19)13-18-9-4-5-10-18/h14-16,19H,2-13H2,1H3. The Labute approximate surface area is 118 Å². The van der Waals surface area contributed by atoms with E-state index in [0.717, 1.165) is 32.2 Å². The minimum absolute atomic E-state index is 0.213. The van der Waals surface area contributed by atoms with Gasteiger partial charge in [0.2, 0.25) is 0 Å². The molecule has 112 valence electrons. The fourth-order valence-electron chi connectivity index (χ4n) is 3.38. The van der Waals surface area contributed by atoms with Crippen molar-refractivity contribution in [2.24, 2.45) is 0 Å². The first-order valence-electron chi connectivity index (χ1n) is 8.07. The number of hydrogen-bond acceptors (Lipinski definition) is 4. The van der Waals surface area contributed by atoms with Crippen molar-refractivity contribution in [2.75, 3.05) is 46.3 Å². The van der Waals surface area contributed by atoms with Gasteiger partial charge < -0.3 is 20.2 Å². The van der Waals surface area contributed by atoms with Crippen molar-refractivity contribution < 1.29 is 5.11 Å². The summed E-state index contributed by atoms with van der Waals surface area (Å²) >= 11 is 0. The molecule has 1 heterocycles. The van der Waals surface area contributed by atoms with E-state index in [4.69, 9.17) is 0 Å². The highest BCUT2D eigenvalue weighted by atomic mass is 16.3. The second-order valence-electron chi connectivity index (χ2n) is 6.28. The summed E-state index contributed by atoms with van der Waals surface area (Å²) in [4.78, 5) is 4.85. The molecule has 2 rings (SSSR count). The summed E-state index contributed by atoms with van der Waals surface area (Å²) < 4.78 is 0. The Kier molecular flexibility index (Phi) is 6.57. The minimum Gasteiger partial charge on any atom is -0.390 e. The third kappa shape index (κ3) is 5.38. The quantitative estimate of drug-likeness (QED) is 0.643. The minimum atomic E-state index is -0.213. The molecule has 0 spiro atoms. The van der Waals surface area contributed by atoms with Crippen LogP contribution in [0.1, 0.15) is 38.5 Å². The van der Waals surface area contributed by atoms with E-state index in [1.807, 2.05) is 0 Å². The predicted octanol–water partition coefficient (Wildman–Crippen LogP) is 0.907. The molecular weight excluding hydrogens is 238 g/mol. The highest BCUT2D eigenvalue weighted by Gasteiger charge is 2.19. The van der Waals surface area contributed by atoms with Gasteiger partial charge in [-0.1, -0.05) is 12.8 Å². The van der Waals surface area contributed by atoms with Crippen molar-refractivity contribution in [1.29, 1.82) is 0 Å². The molecule has 0 aromatic rings. The van der Waals surface area contributed by atoms with Crippen LogP contribution in [0, 0.1) is 0 Å².